The van der Waals surface area contributed by atoms with E-state index in [0.717, 1.165) is 18.4 Å². The Bertz CT molecular complexity index is 409. The maximum Gasteiger partial charge on any atom is 0.0727 e. The van der Waals surface area contributed by atoms with Crippen molar-refractivity contribution in [3.63, 3.8) is 0 Å². The fourth-order valence-electron chi connectivity index (χ4n) is 2.03. The van der Waals surface area contributed by atoms with Gasteiger partial charge < -0.3 is 0 Å². The molecular weight excluding hydrogens is 265 g/mol. The lowest BCUT2D eigenvalue weighted by atomic mass is 9.94. The molecule has 1 atom stereocenters. The second kappa shape index (κ2) is 8.40. The lowest BCUT2D eigenvalue weighted by molar-refractivity contribution is 0.589. The van der Waals surface area contributed by atoms with Gasteiger partial charge in [-0.15, -0.1) is 0 Å². The molecule has 18 heavy (non-hydrogen) atoms. The fourth-order valence-corrected chi connectivity index (χ4v) is 2.57. The molecule has 0 aliphatic carbocycles. The van der Waals surface area contributed by atoms with Crippen molar-refractivity contribution in [1.82, 2.24) is 0 Å². The largest absolute Gasteiger partial charge is 0.198 e. The summed E-state index contributed by atoms with van der Waals surface area (Å²) < 4.78 is 0. The van der Waals surface area contributed by atoms with Gasteiger partial charge in [0.15, 0.2) is 0 Å². The molecule has 0 unspecified atom stereocenters. The minimum absolute atomic E-state index is 0.114. The van der Waals surface area contributed by atoms with E-state index in [1.54, 1.807) is 12.1 Å². The van der Waals surface area contributed by atoms with E-state index in [-0.39, 0.29) is 5.92 Å². The molecule has 0 aromatic heterocycles. The number of unbranched alkanes of at least 4 members (excludes halogenated alkanes) is 4. The normalized spacial score (nSPS) is 12.1. The summed E-state index contributed by atoms with van der Waals surface area (Å²) in [7, 11) is 0. The molecule has 0 radical (unpaired) electrons. The highest BCUT2D eigenvalue weighted by Gasteiger charge is 2.13. The van der Waals surface area contributed by atoms with Crippen LogP contribution in [0.1, 0.15) is 56.9 Å². The minimum Gasteiger partial charge on any atom is -0.198 e. The van der Waals surface area contributed by atoms with E-state index < -0.39 is 0 Å². The van der Waals surface area contributed by atoms with Crippen molar-refractivity contribution in [2.45, 2.75) is 51.4 Å². The van der Waals surface area contributed by atoms with Gasteiger partial charge in [0.25, 0.3) is 0 Å². The van der Waals surface area contributed by atoms with Gasteiger partial charge in [0.05, 0.1) is 12.0 Å². The van der Waals surface area contributed by atoms with Crippen molar-refractivity contribution in [2.75, 3.05) is 0 Å². The topological polar surface area (TPSA) is 23.8 Å². The van der Waals surface area contributed by atoms with E-state index in [1.807, 2.05) is 6.07 Å². The molecule has 0 aliphatic heterocycles. The lowest BCUT2D eigenvalue weighted by Crippen LogP contribution is -1.97. The molecule has 1 aromatic rings. The van der Waals surface area contributed by atoms with Gasteiger partial charge in [0, 0.05) is 10.0 Å². The Morgan fingerprint density at radius 3 is 2.50 bits per heavy atom. The van der Waals surface area contributed by atoms with Gasteiger partial charge in [0.2, 0.25) is 0 Å². The number of halogens is 2. The van der Waals surface area contributed by atoms with Crippen LogP contribution in [0, 0.1) is 11.3 Å². The molecule has 0 fully saturated rings. The van der Waals surface area contributed by atoms with Crippen LogP contribution >= 0.6 is 23.2 Å². The number of rotatable bonds is 7. The van der Waals surface area contributed by atoms with Gasteiger partial charge in [-0.05, 0) is 24.1 Å². The van der Waals surface area contributed by atoms with Crippen molar-refractivity contribution in [1.29, 1.82) is 5.26 Å². The molecule has 0 N–H and O–H groups in total. The Morgan fingerprint density at radius 2 is 1.89 bits per heavy atom. The number of nitrogens with zero attached hydrogens (tertiary/aromatic N) is 1. The molecule has 1 aromatic carbocycles. The van der Waals surface area contributed by atoms with E-state index in [1.165, 1.54) is 25.7 Å². The maximum absolute atomic E-state index is 9.23. The first kappa shape index (κ1) is 15.3. The molecule has 0 spiro atoms. The summed E-state index contributed by atoms with van der Waals surface area (Å²) in [4.78, 5) is 0. The second-order valence-corrected chi connectivity index (χ2v) is 5.39. The van der Waals surface area contributed by atoms with Crippen LogP contribution in [0.3, 0.4) is 0 Å². The Balaban J connectivity index is 2.53. The summed E-state index contributed by atoms with van der Waals surface area (Å²) >= 11 is 12.0. The molecule has 3 heteroatoms. The van der Waals surface area contributed by atoms with Crippen molar-refractivity contribution >= 4 is 23.2 Å². The first-order chi connectivity index (χ1) is 8.69. The van der Waals surface area contributed by atoms with Crippen LogP contribution in [0.25, 0.3) is 0 Å². The van der Waals surface area contributed by atoms with E-state index in [0.29, 0.717) is 10.0 Å². The summed E-state index contributed by atoms with van der Waals surface area (Å²) in [5.74, 6) is -0.114. The highest BCUT2D eigenvalue weighted by atomic mass is 35.5. The molecular formula is C15H19Cl2N. The van der Waals surface area contributed by atoms with Crippen LogP contribution < -0.4 is 0 Å². The molecule has 0 aliphatic rings. The van der Waals surface area contributed by atoms with E-state index in [2.05, 4.69) is 13.0 Å². The average Bonchev–Trinajstić information content (AvgIpc) is 2.35. The predicted octanol–water partition coefficient (Wildman–Crippen LogP) is 5.96. The zero-order chi connectivity index (χ0) is 13.4. The summed E-state index contributed by atoms with van der Waals surface area (Å²) in [5, 5.41) is 10.4. The van der Waals surface area contributed by atoms with Crippen LogP contribution in [-0.2, 0) is 0 Å². The first-order valence-corrected chi connectivity index (χ1v) is 7.29. The van der Waals surface area contributed by atoms with Crippen LogP contribution in [-0.4, -0.2) is 0 Å². The quantitative estimate of drug-likeness (QED) is 0.566. The summed E-state index contributed by atoms with van der Waals surface area (Å²) in [6, 6.07) is 7.71. The van der Waals surface area contributed by atoms with Gasteiger partial charge in [-0.3, -0.25) is 0 Å². The highest BCUT2D eigenvalue weighted by molar-refractivity contribution is 6.35. The number of hydrogen-bond acceptors (Lipinski definition) is 1. The van der Waals surface area contributed by atoms with Gasteiger partial charge in [-0.2, -0.15) is 5.26 Å². The second-order valence-electron chi connectivity index (χ2n) is 4.55. The van der Waals surface area contributed by atoms with Crippen molar-refractivity contribution in [3.05, 3.63) is 33.8 Å². The molecule has 1 rings (SSSR count). The van der Waals surface area contributed by atoms with Crippen molar-refractivity contribution < 1.29 is 0 Å². The van der Waals surface area contributed by atoms with Crippen LogP contribution in [0.5, 0.6) is 0 Å². The van der Waals surface area contributed by atoms with E-state index >= 15 is 0 Å². The molecule has 1 nitrogen and oxygen atoms in total. The third kappa shape index (κ3) is 4.88. The first-order valence-electron chi connectivity index (χ1n) is 6.53. The minimum atomic E-state index is -0.114. The van der Waals surface area contributed by atoms with E-state index in [4.69, 9.17) is 23.2 Å². The zero-order valence-electron chi connectivity index (χ0n) is 10.8. The summed E-state index contributed by atoms with van der Waals surface area (Å²) in [6.45, 7) is 2.20. The Hall–Kier alpha value is -0.710. The standard InChI is InChI=1S/C15H19Cl2N/c1-2-3-4-5-6-7-12(11-18)14-9-8-13(16)10-15(14)17/h8-10,12H,2-7H2,1H3/t12-/m1/s1. The number of benzene rings is 1. The third-order valence-electron chi connectivity index (χ3n) is 3.09. The smallest absolute Gasteiger partial charge is 0.0727 e. The molecule has 0 heterocycles. The molecule has 0 saturated heterocycles. The highest BCUT2D eigenvalue weighted by Crippen LogP contribution is 2.30. The maximum atomic E-state index is 9.23. The lowest BCUT2D eigenvalue weighted by Gasteiger charge is -2.11. The number of nitriles is 1. The SMILES string of the molecule is CCCCCCC[C@H](C#N)c1ccc(Cl)cc1Cl. The fraction of sp³-hybridized carbons (Fsp3) is 0.533. The molecule has 98 valence electrons. The van der Waals surface area contributed by atoms with Crippen LogP contribution in [0.2, 0.25) is 10.0 Å². The monoisotopic (exact) mass is 283 g/mol. The van der Waals surface area contributed by atoms with Crippen molar-refractivity contribution in [2.24, 2.45) is 0 Å². The van der Waals surface area contributed by atoms with Gasteiger partial charge in [-0.1, -0.05) is 68.3 Å². The number of hydrogen-bond donors (Lipinski definition) is 0. The zero-order valence-corrected chi connectivity index (χ0v) is 12.3. The third-order valence-corrected chi connectivity index (χ3v) is 3.65. The van der Waals surface area contributed by atoms with Crippen LogP contribution in [0.15, 0.2) is 18.2 Å². The van der Waals surface area contributed by atoms with E-state index in [9.17, 15) is 5.26 Å². The summed E-state index contributed by atoms with van der Waals surface area (Å²) in [6.07, 6.45) is 6.92. The van der Waals surface area contributed by atoms with Gasteiger partial charge in [-0.25, -0.2) is 0 Å². The Labute approximate surface area is 120 Å². The molecule has 0 saturated carbocycles. The predicted molar refractivity (Wildman–Crippen MR) is 78.2 cm³/mol. The van der Waals surface area contributed by atoms with Crippen molar-refractivity contribution in [3.8, 4) is 6.07 Å². The average molecular weight is 284 g/mol. The Kier molecular flexibility index (Phi) is 7.16. The van der Waals surface area contributed by atoms with Gasteiger partial charge in [0.1, 0.15) is 0 Å². The molecule has 0 amide bonds. The Morgan fingerprint density at radius 1 is 1.17 bits per heavy atom. The molecule has 0 bridgehead atoms. The van der Waals surface area contributed by atoms with Crippen LogP contribution in [0.4, 0.5) is 0 Å². The van der Waals surface area contributed by atoms with Gasteiger partial charge >= 0.3 is 0 Å². The summed E-state index contributed by atoms with van der Waals surface area (Å²) in [5.41, 5.74) is 0.902.